The Bertz CT molecular complexity index is 306. The summed E-state index contributed by atoms with van der Waals surface area (Å²) in [6.07, 6.45) is 4.01. The molecule has 88 valence electrons. The third kappa shape index (κ3) is 3.06. The van der Waals surface area contributed by atoms with Gasteiger partial charge in [0.25, 0.3) is 0 Å². The molecule has 0 bridgehead atoms. The topological polar surface area (TPSA) is 32.3 Å². The zero-order valence-corrected chi connectivity index (χ0v) is 9.89. The van der Waals surface area contributed by atoms with Crippen LogP contribution in [0.15, 0.2) is 30.3 Å². The molecule has 0 heterocycles. The Morgan fingerprint density at radius 2 is 2.00 bits per heavy atom. The quantitative estimate of drug-likeness (QED) is 0.795. The van der Waals surface area contributed by atoms with Crippen molar-refractivity contribution in [2.45, 2.75) is 50.8 Å². The molecule has 2 rings (SSSR count). The van der Waals surface area contributed by atoms with Crippen molar-refractivity contribution in [1.82, 2.24) is 5.32 Å². The van der Waals surface area contributed by atoms with E-state index >= 15 is 0 Å². The van der Waals surface area contributed by atoms with Gasteiger partial charge in [0.1, 0.15) is 0 Å². The van der Waals surface area contributed by atoms with Gasteiger partial charge in [-0.1, -0.05) is 37.3 Å². The van der Waals surface area contributed by atoms with Gasteiger partial charge in [-0.05, 0) is 31.2 Å². The smallest absolute Gasteiger partial charge is 0.0570 e. The molecule has 2 heteroatoms. The average Bonchev–Trinajstić information content (AvgIpc) is 2.27. The zero-order chi connectivity index (χ0) is 11.4. The van der Waals surface area contributed by atoms with Crippen molar-refractivity contribution in [3.8, 4) is 0 Å². The van der Waals surface area contributed by atoms with Gasteiger partial charge in [-0.15, -0.1) is 0 Å². The van der Waals surface area contributed by atoms with Crippen LogP contribution in [0.25, 0.3) is 0 Å². The van der Waals surface area contributed by atoms with Crippen molar-refractivity contribution in [2.24, 2.45) is 0 Å². The van der Waals surface area contributed by atoms with Crippen LogP contribution in [0.3, 0.4) is 0 Å². The van der Waals surface area contributed by atoms with Crippen LogP contribution < -0.4 is 5.32 Å². The van der Waals surface area contributed by atoms with Crippen LogP contribution in [0, 0.1) is 0 Å². The monoisotopic (exact) mass is 219 g/mol. The fraction of sp³-hybridized carbons (Fsp3) is 0.571. The summed E-state index contributed by atoms with van der Waals surface area (Å²) in [7, 11) is 0. The summed E-state index contributed by atoms with van der Waals surface area (Å²) in [5.41, 5.74) is 1.39. The minimum absolute atomic E-state index is 0.0632. The van der Waals surface area contributed by atoms with Gasteiger partial charge >= 0.3 is 0 Å². The molecule has 0 aromatic heterocycles. The summed E-state index contributed by atoms with van der Waals surface area (Å²) in [4.78, 5) is 0. The molecular formula is C14H21NO. The van der Waals surface area contributed by atoms with Gasteiger partial charge in [-0.25, -0.2) is 0 Å². The van der Waals surface area contributed by atoms with Crippen LogP contribution in [0.4, 0.5) is 0 Å². The lowest BCUT2D eigenvalue weighted by atomic mass is 9.88. The Hall–Kier alpha value is -0.860. The lowest BCUT2D eigenvalue weighted by Gasteiger charge is -2.35. The molecule has 1 aliphatic rings. The summed E-state index contributed by atoms with van der Waals surface area (Å²) in [6, 6.07) is 11.7. The molecule has 0 saturated heterocycles. The molecule has 1 fully saturated rings. The molecule has 0 aliphatic heterocycles. The Labute approximate surface area is 97.7 Å². The maximum atomic E-state index is 9.25. The van der Waals surface area contributed by atoms with Gasteiger partial charge in [-0.2, -0.15) is 0 Å². The molecule has 2 nitrogen and oxygen atoms in total. The van der Waals surface area contributed by atoms with E-state index in [0.717, 1.165) is 25.7 Å². The van der Waals surface area contributed by atoms with E-state index in [1.54, 1.807) is 0 Å². The molecule has 1 aromatic carbocycles. The minimum Gasteiger partial charge on any atom is -0.393 e. The molecule has 1 atom stereocenters. The van der Waals surface area contributed by atoms with Gasteiger partial charge in [0.05, 0.1) is 6.10 Å². The average molecular weight is 219 g/mol. The molecule has 1 aromatic rings. The number of hydrogen-bond acceptors (Lipinski definition) is 2. The van der Waals surface area contributed by atoms with Gasteiger partial charge in [0, 0.05) is 12.1 Å². The lowest BCUT2D eigenvalue weighted by molar-refractivity contribution is 0.0575. The third-order valence-corrected chi connectivity index (χ3v) is 3.40. The van der Waals surface area contributed by atoms with E-state index in [0.29, 0.717) is 12.1 Å². The first-order valence-electron chi connectivity index (χ1n) is 6.26. The Balaban J connectivity index is 1.81. The summed E-state index contributed by atoms with van der Waals surface area (Å²) in [6.45, 7) is 2.22. The largest absolute Gasteiger partial charge is 0.393 e. The standard InChI is InChI=1S/C14H21NO/c1-2-12(15-13-9-14(16)10-13)8-11-6-4-3-5-7-11/h3-7,12-16H,2,8-10H2,1H3. The molecule has 1 unspecified atom stereocenters. The Morgan fingerprint density at radius 3 is 2.56 bits per heavy atom. The highest BCUT2D eigenvalue weighted by molar-refractivity contribution is 5.16. The second-order valence-corrected chi connectivity index (χ2v) is 4.78. The van der Waals surface area contributed by atoms with Crippen LogP contribution >= 0.6 is 0 Å². The highest BCUT2D eigenvalue weighted by Crippen LogP contribution is 2.21. The predicted octanol–water partition coefficient (Wildman–Crippen LogP) is 2.12. The van der Waals surface area contributed by atoms with Gasteiger partial charge in [0.15, 0.2) is 0 Å². The van der Waals surface area contributed by atoms with Crippen molar-refractivity contribution in [3.05, 3.63) is 35.9 Å². The lowest BCUT2D eigenvalue weighted by Crippen LogP contribution is -2.49. The molecule has 0 radical (unpaired) electrons. The summed E-state index contributed by atoms with van der Waals surface area (Å²) >= 11 is 0. The van der Waals surface area contributed by atoms with Crippen LogP contribution in [0.2, 0.25) is 0 Å². The maximum absolute atomic E-state index is 9.25. The molecule has 2 N–H and O–H groups in total. The zero-order valence-electron chi connectivity index (χ0n) is 9.89. The molecule has 1 saturated carbocycles. The number of aliphatic hydroxyl groups is 1. The van der Waals surface area contributed by atoms with E-state index in [2.05, 4.69) is 42.6 Å². The van der Waals surface area contributed by atoms with E-state index in [9.17, 15) is 5.11 Å². The van der Waals surface area contributed by atoms with Crippen molar-refractivity contribution in [1.29, 1.82) is 0 Å². The molecular weight excluding hydrogens is 198 g/mol. The van der Waals surface area contributed by atoms with Gasteiger partial charge in [-0.3, -0.25) is 0 Å². The van der Waals surface area contributed by atoms with Crippen molar-refractivity contribution < 1.29 is 5.11 Å². The molecule has 1 aliphatic carbocycles. The van der Waals surface area contributed by atoms with Crippen LogP contribution in [-0.4, -0.2) is 23.3 Å². The first kappa shape index (κ1) is 11.6. The predicted molar refractivity (Wildman–Crippen MR) is 66.4 cm³/mol. The minimum atomic E-state index is -0.0632. The maximum Gasteiger partial charge on any atom is 0.0570 e. The Morgan fingerprint density at radius 1 is 1.31 bits per heavy atom. The fourth-order valence-electron chi connectivity index (χ4n) is 2.28. The van der Waals surface area contributed by atoms with Gasteiger partial charge < -0.3 is 10.4 Å². The van der Waals surface area contributed by atoms with Crippen molar-refractivity contribution in [2.75, 3.05) is 0 Å². The number of benzene rings is 1. The Kier molecular flexibility index (Phi) is 3.97. The highest BCUT2D eigenvalue weighted by atomic mass is 16.3. The van der Waals surface area contributed by atoms with Crippen molar-refractivity contribution in [3.63, 3.8) is 0 Å². The van der Waals surface area contributed by atoms with Gasteiger partial charge in [0.2, 0.25) is 0 Å². The number of hydrogen-bond donors (Lipinski definition) is 2. The van der Waals surface area contributed by atoms with Crippen LogP contribution in [-0.2, 0) is 6.42 Å². The molecule has 16 heavy (non-hydrogen) atoms. The second kappa shape index (κ2) is 5.46. The first-order valence-corrected chi connectivity index (χ1v) is 6.26. The van der Waals surface area contributed by atoms with Crippen molar-refractivity contribution >= 4 is 0 Å². The van der Waals surface area contributed by atoms with E-state index in [4.69, 9.17) is 0 Å². The number of aliphatic hydroxyl groups excluding tert-OH is 1. The first-order chi connectivity index (χ1) is 7.78. The number of nitrogens with one attached hydrogen (secondary N) is 1. The molecule has 0 amide bonds. The molecule has 0 spiro atoms. The normalized spacial score (nSPS) is 26.1. The fourth-order valence-corrected chi connectivity index (χ4v) is 2.28. The highest BCUT2D eigenvalue weighted by Gasteiger charge is 2.28. The van der Waals surface area contributed by atoms with E-state index < -0.39 is 0 Å². The van der Waals surface area contributed by atoms with E-state index in [1.165, 1.54) is 5.56 Å². The SMILES string of the molecule is CCC(Cc1ccccc1)NC1CC(O)C1. The summed E-state index contributed by atoms with van der Waals surface area (Å²) in [5.74, 6) is 0. The van der Waals surface area contributed by atoms with E-state index in [1.807, 2.05) is 0 Å². The third-order valence-electron chi connectivity index (χ3n) is 3.40. The van der Waals surface area contributed by atoms with Crippen LogP contribution in [0.1, 0.15) is 31.7 Å². The van der Waals surface area contributed by atoms with Crippen LogP contribution in [0.5, 0.6) is 0 Å². The van der Waals surface area contributed by atoms with E-state index in [-0.39, 0.29) is 6.10 Å². The summed E-state index contributed by atoms with van der Waals surface area (Å²) in [5, 5.41) is 12.9. The summed E-state index contributed by atoms with van der Waals surface area (Å²) < 4.78 is 0. The number of rotatable bonds is 5. The second-order valence-electron chi connectivity index (χ2n) is 4.78.